The highest BCUT2D eigenvalue weighted by Crippen LogP contribution is 2.06. The molecular formula is C13H22N4O. The largest absolute Gasteiger partial charge is 0.384 e. The van der Waals surface area contributed by atoms with Crippen molar-refractivity contribution in [2.24, 2.45) is 0 Å². The molecule has 0 saturated carbocycles. The Kier molecular flexibility index (Phi) is 5.58. The van der Waals surface area contributed by atoms with Crippen LogP contribution in [0.5, 0.6) is 0 Å². The summed E-state index contributed by atoms with van der Waals surface area (Å²) in [6.07, 6.45) is 2.50. The summed E-state index contributed by atoms with van der Waals surface area (Å²) < 4.78 is 0. The Labute approximate surface area is 109 Å². The molecule has 0 aliphatic carbocycles. The van der Waals surface area contributed by atoms with Crippen molar-refractivity contribution in [3.05, 3.63) is 23.9 Å². The van der Waals surface area contributed by atoms with Gasteiger partial charge in [0.05, 0.1) is 5.56 Å². The fraction of sp³-hybridized carbons (Fsp3) is 0.538. The second kappa shape index (κ2) is 6.96. The molecule has 0 unspecified atom stereocenters. The van der Waals surface area contributed by atoms with E-state index in [1.807, 2.05) is 25.9 Å². The third-order valence-corrected chi connectivity index (χ3v) is 2.74. The van der Waals surface area contributed by atoms with Gasteiger partial charge in [0.2, 0.25) is 0 Å². The third kappa shape index (κ3) is 4.33. The van der Waals surface area contributed by atoms with E-state index >= 15 is 0 Å². The van der Waals surface area contributed by atoms with Crippen LogP contribution in [0.3, 0.4) is 0 Å². The molecule has 0 bridgehead atoms. The first-order chi connectivity index (χ1) is 8.54. The summed E-state index contributed by atoms with van der Waals surface area (Å²) in [5.41, 5.74) is 6.10. The van der Waals surface area contributed by atoms with Gasteiger partial charge in [0, 0.05) is 19.3 Å². The van der Waals surface area contributed by atoms with Crippen molar-refractivity contribution in [1.29, 1.82) is 0 Å². The number of nitrogen functional groups attached to an aromatic ring is 1. The average Bonchev–Trinajstić information content (AvgIpc) is 2.34. The Balaban J connectivity index is 2.59. The Morgan fingerprint density at radius 1 is 1.33 bits per heavy atom. The minimum Gasteiger partial charge on any atom is -0.384 e. The van der Waals surface area contributed by atoms with Gasteiger partial charge in [-0.1, -0.05) is 0 Å². The van der Waals surface area contributed by atoms with E-state index in [9.17, 15) is 4.79 Å². The van der Waals surface area contributed by atoms with E-state index in [4.69, 9.17) is 5.73 Å². The molecule has 0 aliphatic heterocycles. The number of pyridine rings is 1. The second-order valence-corrected chi connectivity index (χ2v) is 4.51. The zero-order valence-electron chi connectivity index (χ0n) is 11.4. The summed E-state index contributed by atoms with van der Waals surface area (Å²) in [5.74, 6) is 0.450. The predicted molar refractivity (Wildman–Crippen MR) is 73.4 cm³/mol. The molecule has 0 saturated heterocycles. The van der Waals surface area contributed by atoms with Crippen LogP contribution in [0.1, 0.15) is 23.7 Å². The zero-order chi connectivity index (χ0) is 13.5. The van der Waals surface area contributed by atoms with E-state index in [1.54, 1.807) is 12.1 Å². The highest BCUT2D eigenvalue weighted by Gasteiger charge is 2.13. The van der Waals surface area contributed by atoms with E-state index < -0.39 is 0 Å². The Morgan fingerprint density at radius 2 is 2.06 bits per heavy atom. The Hall–Kier alpha value is -1.62. The average molecular weight is 250 g/mol. The van der Waals surface area contributed by atoms with Crippen LogP contribution < -0.4 is 5.73 Å². The van der Waals surface area contributed by atoms with E-state index in [2.05, 4.69) is 9.88 Å². The molecule has 0 spiro atoms. The van der Waals surface area contributed by atoms with Gasteiger partial charge in [-0.25, -0.2) is 4.98 Å². The molecule has 5 nitrogen and oxygen atoms in total. The highest BCUT2D eigenvalue weighted by atomic mass is 16.2. The van der Waals surface area contributed by atoms with Crippen LogP contribution in [0, 0.1) is 0 Å². The normalized spacial score (nSPS) is 10.7. The van der Waals surface area contributed by atoms with Crippen LogP contribution in [0.2, 0.25) is 0 Å². The van der Waals surface area contributed by atoms with Crippen LogP contribution in [0.25, 0.3) is 0 Å². The SMILES string of the molecule is CCN(CCCN(C)C)C(=O)c1ccc(N)nc1. The molecule has 0 aromatic carbocycles. The van der Waals surface area contributed by atoms with E-state index in [-0.39, 0.29) is 5.91 Å². The van der Waals surface area contributed by atoms with Gasteiger partial charge < -0.3 is 15.5 Å². The Bertz CT molecular complexity index is 375. The van der Waals surface area contributed by atoms with Crippen LogP contribution in [0.15, 0.2) is 18.3 Å². The van der Waals surface area contributed by atoms with E-state index in [0.717, 1.165) is 19.5 Å². The monoisotopic (exact) mass is 250 g/mol. The first-order valence-corrected chi connectivity index (χ1v) is 6.20. The van der Waals surface area contributed by atoms with E-state index in [0.29, 0.717) is 17.9 Å². The predicted octanol–water partition coefficient (Wildman–Crippen LogP) is 1.08. The summed E-state index contributed by atoms with van der Waals surface area (Å²) >= 11 is 0. The van der Waals surface area contributed by atoms with Crippen molar-refractivity contribution in [3.8, 4) is 0 Å². The van der Waals surface area contributed by atoms with Crippen molar-refractivity contribution in [3.63, 3.8) is 0 Å². The fourth-order valence-electron chi connectivity index (χ4n) is 1.70. The summed E-state index contributed by atoms with van der Waals surface area (Å²) in [6, 6.07) is 3.38. The van der Waals surface area contributed by atoms with Crippen LogP contribution in [-0.2, 0) is 0 Å². The van der Waals surface area contributed by atoms with Crippen molar-refractivity contribution in [1.82, 2.24) is 14.8 Å². The van der Waals surface area contributed by atoms with Gasteiger partial charge in [0.15, 0.2) is 0 Å². The maximum atomic E-state index is 12.2. The molecule has 0 aliphatic rings. The van der Waals surface area contributed by atoms with Gasteiger partial charge in [-0.2, -0.15) is 0 Å². The minimum atomic E-state index is 0.0174. The van der Waals surface area contributed by atoms with Gasteiger partial charge >= 0.3 is 0 Å². The molecule has 100 valence electrons. The van der Waals surface area contributed by atoms with Crippen molar-refractivity contribution in [2.45, 2.75) is 13.3 Å². The molecule has 2 N–H and O–H groups in total. The lowest BCUT2D eigenvalue weighted by atomic mass is 10.2. The maximum Gasteiger partial charge on any atom is 0.255 e. The molecule has 1 amide bonds. The van der Waals surface area contributed by atoms with Gasteiger partial charge in [0.1, 0.15) is 5.82 Å². The molecule has 1 aromatic rings. The highest BCUT2D eigenvalue weighted by molar-refractivity contribution is 5.94. The van der Waals surface area contributed by atoms with Crippen molar-refractivity contribution >= 4 is 11.7 Å². The molecule has 0 fully saturated rings. The number of hydrogen-bond acceptors (Lipinski definition) is 4. The molecule has 18 heavy (non-hydrogen) atoms. The number of hydrogen-bond donors (Lipinski definition) is 1. The summed E-state index contributed by atoms with van der Waals surface area (Å²) in [5, 5.41) is 0. The standard InChI is InChI=1S/C13H22N4O/c1-4-17(9-5-8-16(2)3)13(18)11-6-7-12(14)15-10-11/h6-7,10H,4-5,8-9H2,1-3H3,(H2,14,15). The van der Waals surface area contributed by atoms with Gasteiger partial charge in [-0.15, -0.1) is 0 Å². The van der Waals surface area contributed by atoms with Gasteiger partial charge in [-0.3, -0.25) is 4.79 Å². The van der Waals surface area contributed by atoms with Crippen LogP contribution >= 0.6 is 0 Å². The topological polar surface area (TPSA) is 62.5 Å². The van der Waals surface area contributed by atoms with E-state index in [1.165, 1.54) is 6.20 Å². The van der Waals surface area contributed by atoms with Crippen LogP contribution in [0.4, 0.5) is 5.82 Å². The Morgan fingerprint density at radius 3 is 2.56 bits per heavy atom. The first-order valence-electron chi connectivity index (χ1n) is 6.20. The number of amides is 1. The minimum absolute atomic E-state index is 0.0174. The summed E-state index contributed by atoms with van der Waals surface area (Å²) in [4.78, 5) is 20.1. The number of nitrogens with two attached hydrogens (primary N) is 1. The third-order valence-electron chi connectivity index (χ3n) is 2.74. The smallest absolute Gasteiger partial charge is 0.255 e. The van der Waals surface area contributed by atoms with Crippen molar-refractivity contribution in [2.75, 3.05) is 39.5 Å². The summed E-state index contributed by atoms with van der Waals surface area (Å²) in [6.45, 7) is 4.43. The number of anilines is 1. The summed E-state index contributed by atoms with van der Waals surface area (Å²) in [7, 11) is 4.06. The molecule has 1 heterocycles. The van der Waals surface area contributed by atoms with Gasteiger partial charge in [0.25, 0.3) is 5.91 Å². The molecule has 1 aromatic heterocycles. The molecule has 5 heteroatoms. The first kappa shape index (κ1) is 14.4. The molecule has 0 radical (unpaired) electrons. The number of carbonyl (C=O) groups excluding carboxylic acids is 1. The number of aromatic nitrogens is 1. The quantitative estimate of drug-likeness (QED) is 0.820. The van der Waals surface area contributed by atoms with Crippen molar-refractivity contribution < 1.29 is 4.79 Å². The molecular weight excluding hydrogens is 228 g/mol. The lowest BCUT2D eigenvalue weighted by Gasteiger charge is -2.21. The molecule has 0 atom stereocenters. The molecule has 1 rings (SSSR count). The number of rotatable bonds is 6. The number of carbonyl (C=O) groups is 1. The van der Waals surface area contributed by atoms with Gasteiger partial charge in [-0.05, 0) is 46.1 Å². The zero-order valence-corrected chi connectivity index (χ0v) is 11.4. The second-order valence-electron chi connectivity index (χ2n) is 4.51. The maximum absolute atomic E-state index is 12.2. The van der Waals surface area contributed by atoms with Crippen LogP contribution in [-0.4, -0.2) is 54.4 Å². The lowest BCUT2D eigenvalue weighted by Crippen LogP contribution is -2.33. The fourth-order valence-corrected chi connectivity index (χ4v) is 1.70. The number of nitrogens with zero attached hydrogens (tertiary/aromatic N) is 3. The lowest BCUT2D eigenvalue weighted by molar-refractivity contribution is 0.0759.